The minimum absolute atomic E-state index is 0.0496. The van der Waals surface area contributed by atoms with Gasteiger partial charge in [-0.15, -0.1) is 0 Å². The molecule has 4 aromatic carbocycles. The number of amides is 8. The van der Waals surface area contributed by atoms with Gasteiger partial charge >= 0.3 is 12.1 Å². The number of imide groups is 2. The van der Waals surface area contributed by atoms with E-state index in [0.29, 0.717) is 31.2 Å². The number of rotatable bonds is 6. The van der Waals surface area contributed by atoms with Crippen molar-refractivity contribution in [2.24, 2.45) is 0 Å². The molecule has 0 N–H and O–H groups in total. The molecule has 19 heteroatoms. The number of anilines is 2. The van der Waals surface area contributed by atoms with Crippen molar-refractivity contribution in [3.05, 3.63) is 127 Å². The van der Waals surface area contributed by atoms with Crippen LogP contribution in [0.5, 0.6) is 0 Å². The Balaban J connectivity index is 0.000000191. The van der Waals surface area contributed by atoms with Crippen LogP contribution in [0.1, 0.15) is 47.4 Å². The first-order valence-corrected chi connectivity index (χ1v) is 22.4. The molecule has 0 aromatic heterocycles. The first-order valence-electron chi connectivity index (χ1n) is 19.7. The third kappa shape index (κ3) is 7.83. The zero-order chi connectivity index (χ0) is 46.4. The largest absolute Gasteiger partial charge is 0.339 e. The number of likely N-dealkylation sites (tertiary alicyclic amines) is 2. The van der Waals surface area contributed by atoms with Gasteiger partial charge in [-0.3, -0.25) is 19.2 Å². The number of hydrogen-bond donors (Lipinski definition) is 0. The first-order chi connectivity index (χ1) is 30.4. The predicted molar refractivity (Wildman–Crippen MR) is 245 cm³/mol. The van der Waals surface area contributed by atoms with Gasteiger partial charge in [0.1, 0.15) is 11.1 Å². The Morgan fingerprint density at radius 3 is 1.28 bits per heavy atom. The van der Waals surface area contributed by atoms with Crippen LogP contribution in [0.25, 0.3) is 0 Å². The Hall–Kier alpha value is -5.68. The van der Waals surface area contributed by atoms with Gasteiger partial charge in [-0.05, 0) is 71.8 Å². The molecule has 0 bridgehead atoms. The highest BCUT2D eigenvalue weighted by Crippen LogP contribution is 2.48. The Morgan fingerprint density at radius 1 is 0.625 bits per heavy atom. The molecule has 4 heterocycles. The summed E-state index contributed by atoms with van der Waals surface area (Å²) in [4.78, 5) is 87.8. The fourth-order valence-corrected chi connectivity index (χ4v) is 10.5. The van der Waals surface area contributed by atoms with Gasteiger partial charge in [-0.25, -0.2) is 19.4 Å². The first kappa shape index (κ1) is 46.3. The van der Waals surface area contributed by atoms with Crippen molar-refractivity contribution < 1.29 is 28.8 Å². The number of carbonyl (C=O) groups excluding carboxylic acids is 6. The molecular weight excluding hydrogens is 970 g/mol. The second kappa shape index (κ2) is 18.1. The predicted octanol–water partition coefficient (Wildman–Crippen LogP) is 8.06. The molecule has 8 amide bonds. The van der Waals surface area contributed by atoms with E-state index in [2.05, 4.69) is 28.1 Å². The molecule has 0 radical (unpaired) electrons. The molecule has 0 aliphatic carbocycles. The van der Waals surface area contributed by atoms with Gasteiger partial charge in [0.05, 0.1) is 53.1 Å². The van der Waals surface area contributed by atoms with Gasteiger partial charge in [-0.1, -0.05) is 93.5 Å². The average molecular weight is 1010 g/mol. The lowest BCUT2D eigenvalue weighted by atomic mass is 9.80. The number of alkyl halides is 1. The molecule has 0 unspecified atom stereocenters. The highest BCUT2D eigenvalue weighted by atomic mass is 79.9. The summed E-state index contributed by atoms with van der Waals surface area (Å²) >= 11 is 27.7. The summed E-state index contributed by atoms with van der Waals surface area (Å²) in [5.74, 6) is -2.13. The van der Waals surface area contributed by atoms with Crippen LogP contribution in [0.15, 0.2) is 84.9 Å². The second-order valence-corrected chi connectivity index (χ2v) is 18.0. The highest BCUT2D eigenvalue weighted by Gasteiger charge is 2.66. The van der Waals surface area contributed by atoms with Crippen molar-refractivity contribution in [3.8, 4) is 12.1 Å². The standard InChI is InChI=1S/C23H20Cl2N4O3.C22H17BrCl2N4O3/c1-3-20(30)28-12-19(15-6-4-14(11-26)5-7-15)23(13-28)21(31)29(22(32)27(23)2)18-9-16(24)8-17(25)10-18;1-27-21(32)29(17-7-15(24)6-16(25)8-17)20(31)22(27)12-28(19(30)9-23)11-18(22)14-4-2-13(10-26)3-5-14/h4-10,19H,3,12-13H2,1-2H3;2-8,18H,9,11-12H2,1H3/t19-,23+;18-,22+/m00/s1. The zero-order valence-electron chi connectivity index (χ0n) is 34.4. The summed E-state index contributed by atoms with van der Waals surface area (Å²) in [7, 11) is 3.13. The smallest absolute Gasteiger partial charge is 0.332 e. The van der Waals surface area contributed by atoms with Gasteiger partial charge in [0, 0.05) is 65.5 Å². The van der Waals surface area contributed by atoms with Crippen molar-refractivity contribution in [2.75, 3.05) is 55.4 Å². The molecule has 2 spiro atoms. The number of benzene rings is 4. The van der Waals surface area contributed by atoms with Crippen LogP contribution in [0.3, 0.4) is 0 Å². The maximum Gasteiger partial charge on any atom is 0.332 e. The third-order valence-corrected chi connectivity index (χ3v) is 13.7. The Kier molecular flexibility index (Phi) is 13.1. The van der Waals surface area contributed by atoms with E-state index in [1.54, 1.807) is 79.3 Å². The number of carbonyl (C=O) groups is 6. The molecule has 14 nitrogen and oxygen atoms in total. The van der Waals surface area contributed by atoms with E-state index in [0.717, 1.165) is 20.9 Å². The Morgan fingerprint density at radius 2 is 0.969 bits per heavy atom. The van der Waals surface area contributed by atoms with Crippen LogP contribution in [0, 0.1) is 22.7 Å². The normalized spacial score (nSPS) is 22.7. The summed E-state index contributed by atoms with van der Waals surface area (Å²) in [5, 5.41) is 19.5. The van der Waals surface area contributed by atoms with Crippen LogP contribution in [0.2, 0.25) is 20.1 Å². The fourth-order valence-electron chi connectivity index (χ4n) is 9.10. The molecule has 0 saturated carbocycles. The molecule has 8 rings (SSSR count). The minimum atomic E-state index is -1.31. The maximum atomic E-state index is 13.9. The highest BCUT2D eigenvalue weighted by molar-refractivity contribution is 9.09. The van der Waals surface area contributed by atoms with E-state index in [9.17, 15) is 28.8 Å². The van der Waals surface area contributed by atoms with Crippen LogP contribution < -0.4 is 9.80 Å². The van der Waals surface area contributed by atoms with Crippen LogP contribution in [-0.4, -0.2) is 112 Å². The molecule has 4 aliphatic heterocycles. The molecule has 4 aliphatic rings. The zero-order valence-corrected chi connectivity index (χ0v) is 39.0. The number of halogens is 5. The maximum absolute atomic E-state index is 13.9. The van der Waals surface area contributed by atoms with Crippen molar-refractivity contribution in [3.63, 3.8) is 0 Å². The van der Waals surface area contributed by atoms with E-state index in [4.69, 9.17) is 56.9 Å². The summed E-state index contributed by atoms with van der Waals surface area (Å²) in [6.45, 7) is 2.43. The fraction of sp³-hybridized carbons (Fsp3) is 0.289. The van der Waals surface area contributed by atoms with Crippen molar-refractivity contribution in [1.29, 1.82) is 10.5 Å². The Bertz CT molecular complexity index is 2470. The van der Waals surface area contributed by atoms with Gasteiger partial charge in [-0.2, -0.15) is 10.5 Å². The molecule has 4 atom stereocenters. The SMILES string of the molecule is CCC(=O)N1C[C@@H](c2ccc(C#N)cc2)[C@]2(C1)C(=O)N(c1cc(Cl)cc(Cl)c1)C(=O)N2C.CN1C(=O)N(c2cc(Cl)cc(Cl)c2)C(=O)[C@]12CN(C(=O)CBr)C[C@H]2c1ccc(C#N)cc1. The lowest BCUT2D eigenvalue weighted by molar-refractivity contribution is -0.131. The van der Waals surface area contributed by atoms with E-state index in [1.807, 2.05) is 0 Å². The number of nitriles is 2. The summed E-state index contributed by atoms with van der Waals surface area (Å²) in [6.07, 6.45) is 0.287. The summed E-state index contributed by atoms with van der Waals surface area (Å²) in [5.41, 5.74) is 0.446. The summed E-state index contributed by atoms with van der Waals surface area (Å²) in [6, 6.07) is 25.9. The number of urea groups is 2. The quantitative estimate of drug-likeness (QED) is 0.138. The molecule has 4 fully saturated rings. The van der Waals surface area contributed by atoms with Gasteiger partial charge in [0.2, 0.25) is 11.8 Å². The van der Waals surface area contributed by atoms with Gasteiger partial charge in [0.25, 0.3) is 11.8 Å². The Labute approximate surface area is 397 Å². The van der Waals surface area contributed by atoms with Crippen LogP contribution >= 0.6 is 62.3 Å². The third-order valence-electron chi connectivity index (χ3n) is 12.3. The van der Waals surface area contributed by atoms with Gasteiger partial charge in [0.15, 0.2) is 0 Å². The second-order valence-electron chi connectivity index (χ2n) is 15.7. The molecule has 4 saturated heterocycles. The molecule has 4 aromatic rings. The van der Waals surface area contributed by atoms with Gasteiger partial charge < -0.3 is 19.6 Å². The average Bonchev–Trinajstić information content (AvgIpc) is 3.98. The van der Waals surface area contributed by atoms with Crippen molar-refractivity contribution in [1.82, 2.24) is 19.6 Å². The molecular formula is C45H37BrCl4N8O6. The lowest BCUT2D eigenvalue weighted by Gasteiger charge is -2.33. The van der Waals surface area contributed by atoms with Crippen molar-refractivity contribution >= 4 is 109 Å². The van der Waals surface area contributed by atoms with Crippen LogP contribution in [0.4, 0.5) is 21.0 Å². The van der Waals surface area contributed by atoms with E-state index >= 15 is 0 Å². The number of nitrogens with zero attached hydrogens (tertiary/aromatic N) is 8. The van der Waals surface area contributed by atoms with Crippen molar-refractivity contribution in [2.45, 2.75) is 36.3 Å². The number of hydrogen-bond acceptors (Lipinski definition) is 8. The van der Waals surface area contributed by atoms with E-state index in [1.165, 1.54) is 46.2 Å². The van der Waals surface area contributed by atoms with E-state index in [-0.39, 0.29) is 61.1 Å². The topological polar surface area (TPSA) is 169 Å². The summed E-state index contributed by atoms with van der Waals surface area (Å²) < 4.78 is 0. The molecule has 64 heavy (non-hydrogen) atoms. The number of likely N-dealkylation sites (N-methyl/N-ethyl adjacent to an activating group) is 2. The van der Waals surface area contributed by atoms with E-state index < -0.39 is 46.8 Å². The lowest BCUT2D eigenvalue weighted by Crippen LogP contribution is -2.54. The van der Waals surface area contributed by atoms with Crippen LogP contribution in [-0.2, 0) is 19.2 Å². The molecule has 328 valence electrons. The minimum Gasteiger partial charge on any atom is -0.339 e. The monoisotopic (exact) mass is 1000 g/mol.